The number of aromatic nitrogens is 1. The van der Waals surface area contributed by atoms with Crippen LogP contribution >= 0.6 is 0 Å². The second-order valence-corrected chi connectivity index (χ2v) is 4.49. The van der Waals surface area contributed by atoms with Crippen molar-refractivity contribution in [1.82, 2.24) is 10.3 Å². The molecule has 0 radical (unpaired) electrons. The number of hydrogen-bond acceptors (Lipinski definition) is 3. The van der Waals surface area contributed by atoms with Crippen LogP contribution in [0.3, 0.4) is 0 Å². The topological polar surface area (TPSA) is 42.0 Å². The first kappa shape index (κ1) is 10.4. The Morgan fingerprint density at radius 1 is 1.29 bits per heavy atom. The van der Waals surface area contributed by atoms with Crippen LogP contribution in [0, 0.1) is 0 Å². The van der Waals surface area contributed by atoms with Gasteiger partial charge < -0.3 is 5.32 Å². The van der Waals surface area contributed by atoms with E-state index in [2.05, 4.69) is 10.3 Å². The highest BCUT2D eigenvalue weighted by atomic mass is 16.1. The van der Waals surface area contributed by atoms with Crippen LogP contribution in [0.5, 0.6) is 0 Å². The fraction of sp³-hybridized carbons (Fsp3) is 0.286. The maximum atomic E-state index is 12.1. The zero-order valence-corrected chi connectivity index (χ0v) is 9.52. The molecule has 1 aliphatic rings. The van der Waals surface area contributed by atoms with Crippen molar-refractivity contribution in [1.29, 1.82) is 0 Å². The third-order valence-corrected chi connectivity index (χ3v) is 3.10. The predicted octanol–water partition coefficient (Wildman–Crippen LogP) is 2.17. The Bertz CT molecular complexity index is 556. The number of nitrogens with zero attached hydrogens (tertiary/aromatic N) is 1. The first-order valence-corrected chi connectivity index (χ1v) is 5.94. The lowest BCUT2D eigenvalue weighted by Crippen LogP contribution is -2.25. The first-order valence-electron chi connectivity index (χ1n) is 5.94. The van der Waals surface area contributed by atoms with Crippen LogP contribution in [0.1, 0.15) is 23.2 Å². The van der Waals surface area contributed by atoms with E-state index >= 15 is 0 Å². The summed E-state index contributed by atoms with van der Waals surface area (Å²) in [4.78, 5) is 16.2. The lowest BCUT2D eigenvalue weighted by molar-refractivity contribution is 0.0992. The fourth-order valence-corrected chi connectivity index (χ4v) is 1.96. The monoisotopic (exact) mass is 226 g/mol. The highest BCUT2D eigenvalue weighted by Gasteiger charge is 2.21. The molecule has 3 heteroatoms. The maximum absolute atomic E-state index is 12.1. The first-order chi connectivity index (χ1) is 8.34. The lowest BCUT2D eigenvalue weighted by Gasteiger charge is -2.05. The van der Waals surface area contributed by atoms with Crippen molar-refractivity contribution < 1.29 is 4.79 Å². The quantitative estimate of drug-likeness (QED) is 0.812. The van der Waals surface area contributed by atoms with Crippen LogP contribution in [0.2, 0.25) is 0 Å². The molecule has 1 heterocycles. The van der Waals surface area contributed by atoms with Crippen LogP contribution in [0.25, 0.3) is 10.8 Å². The van der Waals surface area contributed by atoms with Crippen LogP contribution in [0.4, 0.5) is 0 Å². The van der Waals surface area contributed by atoms with Crippen LogP contribution in [-0.4, -0.2) is 23.4 Å². The molecule has 0 amide bonds. The van der Waals surface area contributed by atoms with Crippen molar-refractivity contribution in [3.8, 4) is 0 Å². The molecule has 1 fully saturated rings. The maximum Gasteiger partial charge on any atom is 0.178 e. The van der Waals surface area contributed by atoms with E-state index in [1.807, 2.05) is 24.3 Å². The van der Waals surface area contributed by atoms with Gasteiger partial charge in [-0.1, -0.05) is 24.3 Å². The average molecular weight is 226 g/mol. The molecule has 0 spiro atoms. The second kappa shape index (κ2) is 4.26. The molecule has 0 saturated heterocycles. The number of carbonyl (C=O) groups excluding carboxylic acids is 1. The van der Waals surface area contributed by atoms with E-state index in [4.69, 9.17) is 0 Å². The van der Waals surface area contributed by atoms with Gasteiger partial charge in [0.1, 0.15) is 0 Å². The number of carbonyl (C=O) groups is 1. The molecule has 1 N–H and O–H groups in total. The highest BCUT2D eigenvalue weighted by Crippen LogP contribution is 2.20. The minimum Gasteiger partial charge on any atom is -0.307 e. The predicted molar refractivity (Wildman–Crippen MR) is 67.1 cm³/mol. The van der Waals surface area contributed by atoms with Crippen molar-refractivity contribution >= 4 is 16.6 Å². The van der Waals surface area contributed by atoms with Gasteiger partial charge in [0.05, 0.1) is 6.54 Å². The van der Waals surface area contributed by atoms with Gasteiger partial charge in [0.15, 0.2) is 5.78 Å². The minimum atomic E-state index is 0.126. The normalized spacial score (nSPS) is 15.1. The molecule has 0 bridgehead atoms. The fourth-order valence-electron chi connectivity index (χ4n) is 1.96. The van der Waals surface area contributed by atoms with E-state index < -0.39 is 0 Å². The molecule has 0 atom stereocenters. The number of pyridine rings is 1. The summed E-state index contributed by atoms with van der Waals surface area (Å²) in [6.45, 7) is 0.417. The molecular weight excluding hydrogens is 212 g/mol. The summed E-state index contributed by atoms with van der Waals surface area (Å²) < 4.78 is 0. The zero-order valence-electron chi connectivity index (χ0n) is 9.52. The van der Waals surface area contributed by atoms with Gasteiger partial charge in [-0.2, -0.15) is 0 Å². The van der Waals surface area contributed by atoms with Crippen molar-refractivity contribution in [2.24, 2.45) is 0 Å². The smallest absolute Gasteiger partial charge is 0.178 e. The summed E-state index contributed by atoms with van der Waals surface area (Å²) in [5.41, 5.74) is 0.719. The molecule has 86 valence electrons. The Balaban J connectivity index is 1.89. The van der Waals surface area contributed by atoms with Gasteiger partial charge in [-0.25, -0.2) is 0 Å². The number of nitrogens with one attached hydrogen (secondary N) is 1. The number of ketones is 1. The summed E-state index contributed by atoms with van der Waals surface area (Å²) in [6, 6.07) is 8.42. The molecule has 1 aromatic heterocycles. The molecule has 3 nitrogen and oxygen atoms in total. The van der Waals surface area contributed by atoms with Crippen LogP contribution in [0.15, 0.2) is 36.7 Å². The Morgan fingerprint density at radius 3 is 2.94 bits per heavy atom. The Kier molecular flexibility index (Phi) is 2.61. The Morgan fingerprint density at radius 2 is 2.12 bits per heavy atom. The lowest BCUT2D eigenvalue weighted by atomic mass is 10.0. The molecule has 17 heavy (non-hydrogen) atoms. The molecule has 1 aliphatic carbocycles. The summed E-state index contributed by atoms with van der Waals surface area (Å²) in [7, 11) is 0. The van der Waals surface area contributed by atoms with Crippen molar-refractivity contribution in [3.05, 3.63) is 42.2 Å². The number of hydrogen-bond donors (Lipinski definition) is 1. The molecule has 1 saturated carbocycles. The van der Waals surface area contributed by atoms with Gasteiger partial charge in [-0.05, 0) is 18.2 Å². The highest BCUT2D eigenvalue weighted by molar-refractivity contribution is 6.08. The molecule has 3 rings (SSSR count). The van der Waals surface area contributed by atoms with Gasteiger partial charge in [-0.15, -0.1) is 0 Å². The van der Waals surface area contributed by atoms with E-state index in [1.165, 1.54) is 12.8 Å². The van der Waals surface area contributed by atoms with E-state index in [-0.39, 0.29) is 5.78 Å². The molecule has 1 aromatic carbocycles. The molecular formula is C14H14N2O. The standard InChI is InChI=1S/C14H14N2O/c17-14(9-16-11-5-6-11)13-8-15-7-10-3-1-2-4-12(10)13/h1-4,7-8,11,16H,5-6,9H2. The molecule has 2 aromatic rings. The van der Waals surface area contributed by atoms with Crippen molar-refractivity contribution in [3.63, 3.8) is 0 Å². The Labute approximate surface area is 99.9 Å². The largest absolute Gasteiger partial charge is 0.307 e. The van der Waals surface area contributed by atoms with E-state index in [9.17, 15) is 4.79 Å². The number of benzene rings is 1. The number of fused-ring (bicyclic) bond motifs is 1. The Hall–Kier alpha value is -1.74. The second-order valence-electron chi connectivity index (χ2n) is 4.49. The van der Waals surface area contributed by atoms with Gasteiger partial charge in [0.25, 0.3) is 0 Å². The van der Waals surface area contributed by atoms with Crippen LogP contribution < -0.4 is 5.32 Å². The third kappa shape index (κ3) is 2.19. The SMILES string of the molecule is O=C(CNC1CC1)c1cncc2ccccc12. The summed E-state index contributed by atoms with van der Waals surface area (Å²) >= 11 is 0. The van der Waals surface area contributed by atoms with Crippen molar-refractivity contribution in [2.75, 3.05) is 6.54 Å². The van der Waals surface area contributed by atoms with Gasteiger partial charge in [0.2, 0.25) is 0 Å². The van der Waals surface area contributed by atoms with Crippen LogP contribution in [-0.2, 0) is 0 Å². The summed E-state index contributed by atoms with van der Waals surface area (Å²) in [6.07, 6.45) is 5.85. The molecule has 0 aliphatic heterocycles. The van der Waals surface area contributed by atoms with Crippen molar-refractivity contribution in [2.45, 2.75) is 18.9 Å². The minimum absolute atomic E-state index is 0.126. The van der Waals surface area contributed by atoms with E-state index in [0.717, 1.165) is 16.3 Å². The summed E-state index contributed by atoms with van der Waals surface area (Å²) in [5.74, 6) is 0.126. The van der Waals surface area contributed by atoms with Gasteiger partial charge in [-0.3, -0.25) is 9.78 Å². The number of rotatable bonds is 4. The van der Waals surface area contributed by atoms with Gasteiger partial charge in [0, 0.05) is 29.4 Å². The van der Waals surface area contributed by atoms with Gasteiger partial charge >= 0.3 is 0 Å². The van der Waals surface area contributed by atoms with E-state index in [0.29, 0.717) is 12.6 Å². The summed E-state index contributed by atoms with van der Waals surface area (Å²) in [5, 5.41) is 5.25. The van der Waals surface area contributed by atoms with E-state index in [1.54, 1.807) is 12.4 Å². The number of Topliss-reactive ketones (excluding diaryl/α,β-unsaturated/α-hetero) is 1. The molecule has 0 unspecified atom stereocenters. The third-order valence-electron chi connectivity index (χ3n) is 3.10. The zero-order chi connectivity index (χ0) is 11.7. The average Bonchev–Trinajstić information content (AvgIpc) is 3.19.